The molecule has 186 valence electrons. The highest BCUT2D eigenvalue weighted by atomic mass is 32.2. The van der Waals surface area contributed by atoms with Gasteiger partial charge in [0.05, 0.1) is 37.1 Å². The second kappa shape index (κ2) is 11.0. The molecule has 1 aliphatic rings. The van der Waals surface area contributed by atoms with Gasteiger partial charge in [0.2, 0.25) is 0 Å². The second-order valence-electron chi connectivity index (χ2n) is 6.58. The number of anilines is 2. The van der Waals surface area contributed by atoms with Gasteiger partial charge < -0.3 is 24.6 Å². The molecule has 0 bridgehead atoms. The maximum Gasteiger partial charge on any atom is 0.490 e. The van der Waals surface area contributed by atoms with E-state index in [1.54, 1.807) is 4.90 Å². The molecule has 0 spiro atoms. The third-order valence-corrected chi connectivity index (χ3v) is 5.67. The van der Waals surface area contributed by atoms with Crippen LogP contribution >= 0.6 is 0 Å². The molecule has 11 nitrogen and oxygen atoms in total. The number of nitrogens with zero attached hydrogens (tertiary/aromatic N) is 2. The number of alkyl halides is 3. The molecule has 0 amide bonds. The van der Waals surface area contributed by atoms with Crippen LogP contribution in [-0.4, -0.2) is 75.1 Å². The zero-order valence-corrected chi connectivity index (χ0v) is 18.4. The quantitative estimate of drug-likeness (QED) is 0.529. The molecular formula is C19H20F3N3O8S. The largest absolute Gasteiger partial charge is 0.497 e. The number of ether oxygens (including phenoxy) is 2. The molecule has 0 unspecified atom stereocenters. The molecule has 34 heavy (non-hydrogen) atoms. The molecule has 0 aliphatic carbocycles. The van der Waals surface area contributed by atoms with Crippen molar-refractivity contribution in [3.8, 4) is 5.75 Å². The Hall–Kier alpha value is -3.59. The molecule has 3 N–H and O–H groups in total. The van der Waals surface area contributed by atoms with Crippen molar-refractivity contribution in [1.29, 1.82) is 0 Å². The van der Waals surface area contributed by atoms with Crippen molar-refractivity contribution in [3.63, 3.8) is 0 Å². The van der Waals surface area contributed by atoms with E-state index in [4.69, 9.17) is 19.4 Å². The van der Waals surface area contributed by atoms with E-state index in [9.17, 15) is 31.5 Å². The van der Waals surface area contributed by atoms with Crippen molar-refractivity contribution in [3.05, 3.63) is 42.1 Å². The number of hydrogen-bond donors (Lipinski definition) is 3. The number of rotatable bonds is 6. The van der Waals surface area contributed by atoms with E-state index < -0.39 is 28.1 Å². The lowest BCUT2D eigenvalue weighted by molar-refractivity contribution is -0.192. The molecule has 2 aromatic rings. The molecule has 0 atom stereocenters. The van der Waals surface area contributed by atoms with Crippen LogP contribution in [-0.2, 0) is 19.6 Å². The minimum Gasteiger partial charge on any atom is -0.497 e. The number of carbonyl (C=O) groups is 2. The third-order valence-electron chi connectivity index (χ3n) is 4.27. The predicted molar refractivity (Wildman–Crippen MR) is 112 cm³/mol. The third kappa shape index (κ3) is 7.21. The highest BCUT2D eigenvalue weighted by Crippen LogP contribution is 2.25. The molecule has 15 heteroatoms. The van der Waals surface area contributed by atoms with Crippen LogP contribution in [0.5, 0.6) is 5.75 Å². The van der Waals surface area contributed by atoms with Crippen molar-refractivity contribution < 1.29 is 50.9 Å². The summed E-state index contributed by atoms with van der Waals surface area (Å²) in [6.07, 6.45) is -3.78. The van der Waals surface area contributed by atoms with Crippen LogP contribution in [0, 0.1) is 0 Å². The topological polar surface area (TPSA) is 155 Å². The van der Waals surface area contributed by atoms with E-state index in [-0.39, 0.29) is 22.0 Å². The molecule has 0 radical (unpaired) electrons. The second-order valence-corrected chi connectivity index (χ2v) is 8.27. The van der Waals surface area contributed by atoms with E-state index in [2.05, 4.69) is 9.71 Å². The van der Waals surface area contributed by atoms with Crippen LogP contribution < -0.4 is 14.4 Å². The summed E-state index contributed by atoms with van der Waals surface area (Å²) in [6, 6.07) is 7.11. The van der Waals surface area contributed by atoms with Crippen LogP contribution in [0.1, 0.15) is 10.4 Å². The van der Waals surface area contributed by atoms with Crippen molar-refractivity contribution in [1.82, 2.24) is 4.98 Å². The first-order valence-electron chi connectivity index (χ1n) is 9.38. The zero-order valence-electron chi connectivity index (χ0n) is 17.6. The molecule has 1 saturated heterocycles. The highest BCUT2D eigenvalue weighted by Gasteiger charge is 2.38. The SMILES string of the molecule is COc1ccc(S(=O)(=O)Nc2cnc(N3CCOCC3)c(C(=O)O)c2)cc1.O=C(O)C(F)(F)F. The van der Waals surface area contributed by atoms with Crippen LogP contribution in [0.2, 0.25) is 0 Å². The number of aliphatic carboxylic acids is 1. The Balaban J connectivity index is 0.000000509. The molecule has 3 rings (SSSR count). The van der Waals surface area contributed by atoms with Crippen molar-refractivity contribution in [2.45, 2.75) is 11.1 Å². The van der Waals surface area contributed by atoms with Crippen molar-refractivity contribution in [2.24, 2.45) is 0 Å². The predicted octanol–water partition coefficient (Wildman–Crippen LogP) is 2.06. The number of sulfonamides is 1. The Labute approximate surface area is 191 Å². The fraction of sp³-hybridized carbons (Fsp3) is 0.316. The van der Waals surface area contributed by atoms with Crippen LogP contribution in [0.4, 0.5) is 24.7 Å². The Morgan fingerprint density at radius 3 is 2.18 bits per heavy atom. The Morgan fingerprint density at radius 1 is 1.15 bits per heavy atom. The van der Waals surface area contributed by atoms with Gasteiger partial charge in [0.15, 0.2) is 0 Å². The summed E-state index contributed by atoms with van der Waals surface area (Å²) in [5.74, 6) is -3.13. The van der Waals surface area contributed by atoms with Crippen molar-refractivity contribution in [2.75, 3.05) is 43.0 Å². The molecule has 1 aliphatic heterocycles. The lowest BCUT2D eigenvalue weighted by atomic mass is 10.2. The maximum absolute atomic E-state index is 12.5. The van der Waals surface area contributed by atoms with Crippen LogP contribution in [0.15, 0.2) is 41.4 Å². The monoisotopic (exact) mass is 507 g/mol. The number of pyridine rings is 1. The number of nitrogens with one attached hydrogen (secondary N) is 1. The van der Waals surface area contributed by atoms with Gasteiger partial charge in [-0.25, -0.2) is 23.0 Å². The fourth-order valence-electron chi connectivity index (χ4n) is 2.67. The normalized spacial score (nSPS) is 13.9. The Bertz CT molecular complexity index is 1120. The van der Waals surface area contributed by atoms with Gasteiger partial charge >= 0.3 is 18.1 Å². The summed E-state index contributed by atoms with van der Waals surface area (Å²) in [6.45, 7) is 1.99. The highest BCUT2D eigenvalue weighted by molar-refractivity contribution is 7.92. The summed E-state index contributed by atoms with van der Waals surface area (Å²) in [4.78, 5) is 26.5. The number of aromatic carboxylic acids is 1. The summed E-state index contributed by atoms with van der Waals surface area (Å²) in [5, 5.41) is 16.6. The fourth-order valence-corrected chi connectivity index (χ4v) is 3.70. The number of hydrogen-bond acceptors (Lipinski definition) is 8. The average Bonchev–Trinajstić information content (AvgIpc) is 2.79. The van der Waals surface area contributed by atoms with E-state index in [0.29, 0.717) is 32.1 Å². The van der Waals surface area contributed by atoms with E-state index in [1.807, 2.05) is 0 Å². The number of benzene rings is 1. The standard InChI is InChI=1S/C17H19N3O6S.C2HF3O2/c1-25-13-2-4-14(5-3-13)27(23,24)19-12-10-15(17(21)22)16(18-11-12)20-6-8-26-9-7-20;3-2(4,5)1(6)7/h2-5,10-11,19H,6-9H2,1H3,(H,21,22);(H,6,7). The van der Waals surface area contributed by atoms with Crippen molar-refractivity contribution >= 4 is 33.5 Å². The zero-order chi connectivity index (χ0) is 25.5. The van der Waals surface area contributed by atoms with Crippen LogP contribution in [0.3, 0.4) is 0 Å². The molecule has 1 aromatic heterocycles. The van der Waals surface area contributed by atoms with Crippen LogP contribution in [0.25, 0.3) is 0 Å². The van der Waals surface area contributed by atoms with Gasteiger partial charge in [-0.2, -0.15) is 13.2 Å². The van der Waals surface area contributed by atoms with Gasteiger partial charge in [-0.05, 0) is 30.3 Å². The van der Waals surface area contributed by atoms with E-state index >= 15 is 0 Å². The Morgan fingerprint density at radius 2 is 1.71 bits per heavy atom. The van der Waals surface area contributed by atoms with Gasteiger partial charge in [0, 0.05) is 13.1 Å². The van der Waals surface area contributed by atoms with Gasteiger partial charge in [-0.15, -0.1) is 0 Å². The molecule has 1 fully saturated rings. The van der Waals surface area contributed by atoms with E-state index in [0.717, 1.165) is 0 Å². The first-order valence-corrected chi connectivity index (χ1v) is 10.9. The number of methoxy groups -OCH3 is 1. The summed E-state index contributed by atoms with van der Waals surface area (Å²) in [5.41, 5.74) is -0.00735. The molecule has 0 saturated carbocycles. The summed E-state index contributed by atoms with van der Waals surface area (Å²) < 4.78 is 69.4. The molecule has 1 aromatic carbocycles. The average molecular weight is 507 g/mol. The van der Waals surface area contributed by atoms with Gasteiger partial charge in [0.1, 0.15) is 17.1 Å². The number of carboxylic acid groups (broad SMARTS) is 2. The number of carboxylic acids is 2. The smallest absolute Gasteiger partial charge is 0.490 e. The number of halogens is 3. The number of aromatic nitrogens is 1. The first kappa shape index (κ1) is 26.7. The lowest BCUT2D eigenvalue weighted by Gasteiger charge is -2.28. The maximum atomic E-state index is 12.5. The Kier molecular flexibility index (Phi) is 8.64. The summed E-state index contributed by atoms with van der Waals surface area (Å²) in [7, 11) is -2.41. The van der Waals surface area contributed by atoms with Gasteiger partial charge in [0.25, 0.3) is 10.0 Å². The molecular weight excluding hydrogens is 487 g/mol. The minimum absolute atomic E-state index is 0.0254. The van der Waals surface area contributed by atoms with E-state index in [1.165, 1.54) is 43.6 Å². The number of morpholine rings is 1. The summed E-state index contributed by atoms with van der Waals surface area (Å²) >= 11 is 0. The first-order chi connectivity index (χ1) is 15.8. The molecule has 2 heterocycles. The lowest BCUT2D eigenvalue weighted by Crippen LogP contribution is -2.37. The van der Waals surface area contributed by atoms with Gasteiger partial charge in [-0.3, -0.25) is 4.72 Å². The minimum atomic E-state index is -5.08. The van der Waals surface area contributed by atoms with Gasteiger partial charge in [-0.1, -0.05) is 0 Å².